The van der Waals surface area contributed by atoms with Crippen molar-refractivity contribution in [3.63, 3.8) is 0 Å². The molecule has 1 aromatic rings. The molecule has 0 amide bonds. The van der Waals surface area contributed by atoms with E-state index in [0.29, 0.717) is 6.04 Å². The Hall–Kier alpha value is -0.540. The average molecular weight is 239 g/mol. The molecular weight excluding hydrogens is 222 g/mol. The van der Waals surface area contributed by atoms with Gasteiger partial charge in [-0.25, -0.2) is 0 Å². The Balaban J connectivity index is 2.29. The Morgan fingerprint density at radius 2 is 2.07 bits per heavy atom. The van der Waals surface area contributed by atoms with E-state index in [2.05, 4.69) is 43.4 Å². The summed E-state index contributed by atoms with van der Waals surface area (Å²) in [5.41, 5.74) is 1.32. The second-order valence-electron chi connectivity index (χ2n) is 3.52. The summed E-state index contributed by atoms with van der Waals surface area (Å²) in [7, 11) is 0. The fourth-order valence-corrected chi connectivity index (χ4v) is 2.22. The molecule has 0 bridgehead atoms. The fraction of sp³-hybridized carbons (Fsp3) is 0.417. The molecule has 1 rings (SSSR count). The van der Waals surface area contributed by atoms with Crippen LogP contribution in [0, 0.1) is 0 Å². The van der Waals surface area contributed by atoms with Gasteiger partial charge in [0.1, 0.15) is 4.32 Å². The van der Waals surface area contributed by atoms with Crippen LogP contribution in [0.3, 0.4) is 0 Å². The summed E-state index contributed by atoms with van der Waals surface area (Å²) in [6.45, 7) is 4.30. The minimum atomic E-state index is 0.473. The van der Waals surface area contributed by atoms with Gasteiger partial charge in [-0.15, -0.1) is 0 Å². The Kier molecular flexibility index (Phi) is 5.73. The van der Waals surface area contributed by atoms with Gasteiger partial charge in [0.15, 0.2) is 0 Å². The van der Waals surface area contributed by atoms with Crippen molar-refractivity contribution in [1.29, 1.82) is 0 Å². The molecule has 0 saturated heterocycles. The van der Waals surface area contributed by atoms with Gasteiger partial charge < -0.3 is 5.32 Å². The van der Waals surface area contributed by atoms with Gasteiger partial charge >= 0.3 is 0 Å². The van der Waals surface area contributed by atoms with Gasteiger partial charge in [0, 0.05) is 11.8 Å². The van der Waals surface area contributed by atoms with E-state index in [9.17, 15) is 0 Å². The molecule has 1 atom stereocenters. The van der Waals surface area contributed by atoms with E-state index in [1.165, 1.54) is 5.56 Å². The molecular formula is C12H17NS2. The summed E-state index contributed by atoms with van der Waals surface area (Å²) in [6, 6.07) is 10.9. The third-order valence-corrected chi connectivity index (χ3v) is 3.52. The second-order valence-corrected chi connectivity index (χ2v) is 5.17. The van der Waals surface area contributed by atoms with Crippen LogP contribution in [0.1, 0.15) is 25.8 Å². The number of benzene rings is 1. The molecule has 0 aliphatic carbocycles. The van der Waals surface area contributed by atoms with Crippen LogP contribution >= 0.6 is 24.0 Å². The summed E-state index contributed by atoms with van der Waals surface area (Å²) < 4.78 is 0.896. The van der Waals surface area contributed by atoms with Crippen LogP contribution < -0.4 is 5.32 Å². The van der Waals surface area contributed by atoms with Gasteiger partial charge in [-0.1, -0.05) is 61.2 Å². The number of hydrogen-bond donors (Lipinski definition) is 1. The fourth-order valence-electron chi connectivity index (χ4n) is 1.07. The highest BCUT2D eigenvalue weighted by atomic mass is 32.2. The maximum Gasteiger partial charge on any atom is 0.134 e. The minimum absolute atomic E-state index is 0.473. The molecule has 15 heavy (non-hydrogen) atoms. The number of thioether (sulfide) groups is 1. The number of thiocarbonyl (C=S) groups is 1. The minimum Gasteiger partial charge on any atom is -0.369 e. The SMILES string of the molecule is CCC(C)NC(=S)SCc1ccccc1. The highest BCUT2D eigenvalue weighted by molar-refractivity contribution is 8.22. The van der Waals surface area contributed by atoms with Crippen molar-refractivity contribution >= 4 is 28.3 Å². The Morgan fingerprint density at radius 3 is 2.67 bits per heavy atom. The van der Waals surface area contributed by atoms with Gasteiger partial charge in [-0.3, -0.25) is 0 Å². The maximum absolute atomic E-state index is 5.25. The first-order valence-corrected chi connectivity index (χ1v) is 6.59. The van der Waals surface area contributed by atoms with Crippen molar-refractivity contribution < 1.29 is 0 Å². The van der Waals surface area contributed by atoms with Crippen molar-refractivity contribution in [2.45, 2.75) is 32.1 Å². The molecule has 0 heterocycles. The van der Waals surface area contributed by atoms with E-state index < -0.39 is 0 Å². The molecule has 82 valence electrons. The zero-order valence-corrected chi connectivity index (χ0v) is 10.8. The van der Waals surface area contributed by atoms with Gasteiger partial charge in [0.2, 0.25) is 0 Å². The molecule has 0 aromatic heterocycles. The van der Waals surface area contributed by atoms with Crippen molar-refractivity contribution in [1.82, 2.24) is 5.32 Å². The normalized spacial score (nSPS) is 12.1. The largest absolute Gasteiger partial charge is 0.369 e. The van der Waals surface area contributed by atoms with E-state index >= 15 is 0 Å². The molecule has 1 N–H and O–H groups in total. The third-order valence-electron chi connectivity index (χ3n) is 2.19. The number of hydrogen-bond acceptors (Lipinski definition) is 2. The van der Waals surface area contributed by atoms with Crippen molar-refractivity contribution in [3.8, 4) is 0 Å². The van der Waals surface area contributed by atoms with Gasteiger partial charge in [0.05, 0.1) is 0 Å². The van der Waals surface area contributed by atoms with Gasteiger partial charge in [-0.2, -0.15) is 0 Å². The molecule has 0 spiro atoms. The standard InChI is InChI=1S/C12H17NS2/c1-3-10(2)13-12(14)15-9-11-7-5-4-6-8-11/h4-8,10H,3,9H2,1-2H3,(H,13,14). The molecule has 0 aliphatic heterocycles. The monoisotopic (exact) mass is 239 g/mol. The van der Waals surface area contributed by atoms with E-state index in [0.717, 1.165) is 16.5 Å². The molecule has 0 aliphatic rings. The lowest BCUT2D eigenvalue weighted by Gasteiger charge is -2.12. The second kappa shape index (κ2) is 6.85. The van der Waals surface area contributed by atoms with Crippen LogP contribution in [-0.2, 0) is 5.75 Å². The van der Waals surface area contributed by atoms with Crippen LogP contribution in [0.2, 0.25) is 0 Å². The van der Waals surface area contributed by atoms with Crippen LogP contribution in [0.5, 0.6) is 0 Å². The van der Waals surface area contributed by atoms with Crippen LogP contribution in [-0.4, -0.2) is 10.4 Å². The zero-order chi connectivity index (χ0) is 11.1. The van der Waals surface area contributed by atoms with Crippen molar-refractivity contribution in [2.24, 2.45) is 0 Å². The van der Waals surface area contributed by atoms with E-state index in [-0.39, 0.29) is 0 Å². The summed E-state index contributed by atoms with van der Waals surface area (Å²) >= 11 is 6.94. The van der Waals surface area contributed by atoms with E-state index in [1.54, 1.807) is 11.8 Å². The van der Waals surface area contributed by atoms with Crippen LogP contribution in [0.25, 0.3) is 0 Å². The quantitative estimate of drug-likeness (QED) is 0.806. The first-order chi connectivity index (χ1) is 7.22. The Labute approximate surface area is 102 Å². The molecule has 0 fully saturated rings. The molecule has 1 aromatic carbocycles. The van der Waals surface area contributed by atoms with E-state index in [1.807, 2.05) is 6.07 Å². The highest BCUT2D eigenvalue weighted by Gasteiger charge is 2.02. The predicted molar refractivity (Wildman–Crippen MR) is 73.2 cm³/mol. The predicted octanol–water partition coefficient (Wildman–Crippen LogP) is 3.59. The lowest BCUT2D eigenvalue weighted by molar-refractivity contribution is 0.651. The van der Waals surface area contributed by atoms with Gasteiger partial charge in [-0.05, 0) is 18.9 Å². The first kappa shape index (κ1) is 12.5. The average Bonchev–Trinajstić information content (AvgIpc) is 2.27. The third kappa shape index (κ3) is 5.19. The summed E-state index contributed by atoms with van der Waals surface area (Å²) in [5, 5.41) is 3.29. The maximum atomic E-state index is 5.25. The molecule has 1 unspecified atom stereocenters. The van der Waals surface area contributed by atoms with Crippen LogP contribution in [0.4, 0.5) is 0 Å². The highest BCUT2D eigenvalue weighted by Crippen LogP contribution is 2.13. The van der Waals surface area contributed by atoms with Crippen molar-refractivity contribution in [3.05, 3.63) is 35.9 Å². The lowest BCUT2D eigenvalue weighted by atomic mass is 10.2. The molecule has 0 saturated carbocycles. The molecule has 3 heteroatoms. The topological polar surface area (TPSA) is 12.0 Å². The first-order valence-electron chi connectivity index (χ1n) is 5.19. The Morgan fingerprint density at radius 1 is 1.40 bits per heavy atom. The molecule has 0 radical (unpaired) electrons. The van der Waals surface area contributed by atoms with Crippen LogP contribution in [0.15, 0.2) is 30.3 Å². The smallest absolute Gasteiger partial charge is 0.134 e. The Bertz CT molecular complexity index is 298. The van der Waals surface area contributed by atoms with Gasteiger partial charge in [0.25, 0.3) is 0 Å². The summed E-state index contributed by atoms with van der Waals surface area (Å²) in [5.74, 6) is 0.948. The molecule has 1 nitrogen and oxygen atoms in total. The zero-order valence-electron chi connectivity index (χ0n) is 9.19. The van der Waals surface area contributed by atoms with E-state index in [4.69, 9.17) is 12.2 Å². The number of nitrogens with one attached hydrogen (secondary N) is 1. The van der Waals surface area contributed by atoms with Crippen molar-refractivity contribution in [2.75, 3.05) is 0 Å². The summed E-state index contributed by atoms with van der Waals surface area (Å²) in [6.07, 6.45) is 1.10. The number of rotatable bonds is 4. The lowest BCUT2D eigenvalue weighted by Crippen LogP contribution is -2.28. The summed E-state index contributed by atoms with van der Waals surface area (Å²) in [4.78, 5) is 0.